The van der Waals surface area contributed by atoms with Gasteiger partial charge in [-0.15, -0.1) is 11.3 Å². The lowest BCUT2D eigenvalue weighted by Crippen LogP contribution is -2.41. The average molecular weight is 532 g/mol. The van der Waals surface area contributed by atoms with Crippen molar-refractivity contribution in [3.63, 3.8) is 0 Å². The third-order valence-corrected chi connectivity index (χ3v) is 7.31. The molecular weight excluding hydrogens is 506 g/mol. The number of amides is 3. The van der Waals surface area contributed by atoms with Gasteiger partial charge in [-0.05, 0) is 55.2 Å². The van der Waals surface area contributed by atoms with Crippen LogP contribution in [0.1, 0.15) is 61.8 Å². The fourth-order valence-electron chi connectivity index (χ4n) is 4.40. The number of nitrogens with one attached hydrogen (secondary N) is 1. The Labute approximate surface area is 223 Å². The Hall–Kier alpha value is -4.49. The Kier molecular flexibility index (Phi) is 7.32. The van der Waals surface area contributed by atoms with Crippen LogP contribution in [0.4, 0.5) is 5.00 Å². The van der Waals surface area contributed by atoms with Gasteiger partial charge in [-0.2, -0.15) is 5.26 Å². The molecule has 2 N–H and O–H groups in total. The number of imide groups is 1. The average Bonchev–Trinajstić information content (AvgIpc) is 3.34. The van der Waals surface area contributed by atoms with Gasteiger partial charge in [-0.3, -0.25) is 14.4 Å². The van der Waals surface area contributed by atoms with Crippen LogP contribution in [0.5, 0.6) is 5.75 Å². The van der Waals surface area contributed by atoms with Gasteiger partial charge in [0.05, 0.1) is 23.8 Å². The number of methoxy groups -OCH3 is 1. The number of carboxylic acids is 1. The minimum Gasteiger partial charge on any atom is -0.497 e. The second-order valence-corrected chi connectivity index (χ2v) is 10.5. The Morgan fingerprint density at radius 3 is 2.34 bits per heavy atom. The highest BCUT2D eigenvalue weighted by molar-refractivity contribution is 7.17. The van der Waals surface area contributed by atoms with Gasteiger partial charge in [0, 0.05) is 16.0 Å². The van der Waals surface area contributed by atoms with E-state index >= 15 is 0 Å². The molecule has 1 aliphatic heterocycles. The van der Waals surface area contributed by atoms with E-state index in [0.717, 1.165) is 26.7 Å². The van der Waals surface area contributed by atoms with Gasteiger partial charge in [0.15, 0.2) is 0 Å². The third-order valence-electron chi connectivity index (χ3n) is 6.22. The summed E-state index contributed by atoms with van der Waals surface area (Å²) < 4.78 is 5.20. The number of nitrogens with zero attached hydrogens (tertiary/aromatic N) is 2. The predicted octanol–water partition coefficient (Wildman–Crippen LogP) is 4.63. The molecule has 0 aliphatic carbocycles. The first-order valence-corrected chi connectivity index (χ1v) is 12.6. The van der Waals surface area contributed by atoms with Crippen molar-refractivity contribution in [2.75, 3.05) is 12.0 Å². The minimum atomic E-state index is -1.16. The zero-order valence-electron chi connectivity index (χ0n) is 21.2. The Morgan fingerprint density at radius 1 is 1.11 bits per heavy atom. The first kappa shape index (κ1) is 26.6. The van der Waals surface area contributed by atoms with E-state index in [4.69, 9.17) is 4.74 Å². The molecular formula is C28H25N3O6S. The Bertz CT molecular complexity index is 1500. The number of anilines is 1. The number of carbonyl (C=O) groups is 4. The molecule has 1 atom stereocenters. The zero-order valence-corrected chi connectivity index (χ0v) is 22.0. The molecule has 9 nitrogen and oxygen atoms in total. The van der Waals surface area contributed by atoms with E-state index in [9.17, 15) is 29.5 Å². The molecule has 0 spiro atoms. The first-order valence-electron chi connectivity index (χ1n) is 11.8. The van der Waals surface area contributed by atoms with Crippen molar-refractivity contribution in [3.05, 3.63) is 69.6 Å². The van der Waals surface area contributed by atoms with E-state index in [0.29, 0.717) is 11.3 Å². The zero-order chi connectivity index (χ0) is 27.7. The summed E-state index contributed by atoms with van der Waals surface area (Å²) in [4.78, 5) is 52.8. The predicted molar refractivity (Wildman–Crippen MR) is 142 cm³/mol. The fraction of sp³-hybridized carbons (Fsp3) is 0.250. The van der Waals surface area contributed by atoms with Crippen molar-refractivity contribution in [1.29, 1.82) is 5.26 Å². The molecule has 0 saturated carbocycles. The molecule has 4 rings (SSSR count). The van der Waals surface area contributed by atoms with Gasteiger partial charge in [-0.1, -0.05) is 26.0 Å². The van der Waals surface area contributed by atoms with Gasteiger partial charge in [-0.25, -0.2) is 9.69 Å². The number of benzene rings is 2. The molecule has 0 bridgehead atoms. The molecule has 2 aromatic carbocycles. The highest BCUT2D eigenvalue weighted by atomic mass is 32.1. The van der Waals surface area contributed by atoms with Crippen LogP contribution in [0.15, 0.2) is 42.5 Å². The van der Waals surface area contributed by atoms with E-state index in [1.54, 1.807) is 31.4 Å². The van der Waals surface area contributed by atoms with Crippen LogP contribution in [0.3, 0.4) is 0 Å². The Morgan fingerprint density at radius 2 is 1.76 bits per heavy atom. The molecule has 1 aromatic heterocycles. The number of fused-ring (bicyclic) bond motifs is 1. The number of carboxylic acid groups (broad SMARTS) is 1. The quantitative estimate of drug-likeness (QED) is 0.404. The van der Waals surface area contributed by atoms with Crippen LogP contribution < -0.4 is 15.0 Å². The van der Waals surface area contributed by atoms with Crippen LogP contribution in [0.25, 0.3) is 11.1 Å². The fourth-order valence-corrected chi connectivity index (χ4v) is 5.52. The summed E-state index contributed by atoms with van der Waals surface area (Å²) in [5.74, 6) is -2.38. The monoisotopic (exact) mass is 531 g/mol. The number of nitriles is 1. The molecule has 38 heavy (non-hydrogen) atoms. The molecule has 1 aliphatic rings. The van der Waals surface area contributed by atoms with E-state index < -0.39 is 29.7 Å². The number of hydrogen-bond acceptors (Lipinski definition) is 7. The number of rotatable bonds is 8. The maximum absolute atomic E-state index is 13.4. The molecule has 0 saturated heterocycles. The number of aryl methyl sites for hydroxylation is 1. The SMILES string of the molecule is COc1ccc(-c2c(C)sc(N3C(=O)c4ccc(C(=O)NC(CC(C)C)C(=O)O)cc4C3=O)c2C#N)cc1. The molecule has 3 aromatic rings. The second-order valence-electron chi connectivity index (χ2n) is 9.25. The molecule has 2 heterocycles. The lowest BCUT2D eigenvalue weighted by atomic mass is 10.0. The van der Waals surface area contributed by atoms with Crippen LogP contribution >= 0.6 is 11.3 Å². The van der Waals surface area contributed by atoms with Crippen LogP contribution in [0.2, 0.25) is 0 Å². The van der Waals surface area contributed by atoms with Crippen LogP contribution in [-0.2, 0) is 4.79 Å². The summed E-state index contributed by atoms with van der Waals surface area (Å²) in [6, 6.07) is 12.2. The van der Waals surface area contributed by atoms with E-state index in [-0.39, 0.29) is 39.6 Å². The van der Waals surface area contributed by atoms with Crippen LogP contribution in [-0.4, -0.2) is 41.9 Å². The Balaban J connectivity index is 1.68. The maximum Gasteiger partial charge on any atom is 0.326 e. The number of ether oxygens (including phenoxy) is 1. The molecule has 0 radical (unpaired) electrons. The molecule has 0 fully saturated rings. The summed E-state index contributed by atoms with van der Waals surface area (Å²) >= 11 is 1.16. The summed E-state index contributed by atoms with van der Waals surface area (Å²) in [5, 5.41) is 22.1. The summed E-state index contributed by atoms with van der Waals surface area (Å²) in [5.41, 5.74) is 1.74. The standard InChI is InChI=1S/C28H25N3O6S/c1-14(2)11-22(28(35)36)30-24(32)17-7-10-19-20(12-17)26(34)31(25(19)33)27-21(13-29)23(15(3)38-27)16-5-8-18(37-4)9-6-16/h5-10,12,14,22H,11H2,1-4H3,(H,30,32)(H,35,36). The molecule has 1 unspecified atom stereocenters. The van der Waals surface area contributed by atoms with Crippen molar-refractivity contribution in [3.8, 4) is 22.9 Å². The number of hydrogen-bond donors (Lipinski definition) is 2. The van der Waals surface area contributed by atoms with Crippen molar-refractivity contribution >= 4 is 40.0 Å². The summed E-state index contributed by atoms with van der Waals surface area (Å²) in [7, 11) is 1.55. The lowest BCUT2D eigenvalue weighted by molar-refractivity contribution is -0.139. The minimum absolute atomic E-state index is 0.0133. The second kappa shape index (κ2) is 10.5. The smallest absolute Gasteiger partial charge is 0.326 e. The highest BCUT2D eigenvalue weighted by Crippen LogP contribution is 2.44. The number of carbonyl (C=O) groups excluding carboxylic acids is 3. The van der Waals surface area contributed by atoms with Gasteiger partial charge in [0.2, 0.25) is 0 Å². The molecule has 194 valence electrons. The van der Waals surface area contributed by atoms with Crippen molar-refractivity contribution in [2.45, 2.75) is 33.2 Å². The number of thiophene rings is 1. The van der Waals surface area contributed by atoms with Gasteiger partial charge < -0.3 is 15.2 Å². The normalized spacial score (nSPS) is 13.3. The van der Waals surface area contributed by atoms with E-state index in [1.165, 1.54) is 18.2 Å². The van der Waals surface area contributed by atoms with Crippen LogP contribution in [0, 0.1) is 24.2 Å². The summed E-state index contributed by atoms with van der Waals surface area (Å²) in [6.07, 6.45) is 0.238. The van der Waals surface area contributed by atoms with E-state index in [1.807, 2.05) is 20.8 Å². The number of aliphatic carboxylic acids is 1. The molecule has 3 amide bonds. The lowest BCUT2D eigenvalue weighted by Gasteiger charge is -2.16. The van der Waals surface area contributed by atoms with Crippen molar-refractivity contribution in [1.82, 2.24) is 5.32 Å². The summed E-state index contributed by atoms with van der Waals surface area (Å²) in [6.45, 7) is 5.50. The van der Waals surface area contributed by atoms with Gasteiger partial charge in [0.25, 0.3) is 17.7 Å². The topological polar surface area (TPSA) is 137 Å². The van der Waals surface area contributed by atoms with Crippen molar-refractivity contribution < 1.29 is 29.0 Å². The van der Waals surface area contributed by atoms with E-state index in [2.05, 4.69) is 11.4 Å². The van der Waals surface area contributed by atoms with Crippen molar-refractivity contribution in [2.24, 2.45) is 5.92 Å². The maximum atomic E-state index is 13.4. The third kappa shape index (κ3) is 4.76. The molecule has 10 heteroatoms. The highest BCUT2D eigenvalue weighted by Gasteiger charge is 2.40. The largest absolute Gasteiger partial charge is 0.497 e. The van der Waals surface area contributed by atoms with Gasteiger partial charge in [0.1, 0.15) is 22.9 Å². The van der Waals surface area contributed by atoms with Gasteiger partial charge >= 0.3 is 5.97 Å². The first-order chi connectivity index (χ1) is 18.1.